The lowest BCUT2D eigenvalue weighted by Gasteiger charge is -2.35. The van der Waals surface area contributed by atoms with E-state index >= 15 is 0 Å². The van der Waals surface area contributed by atoms with Crippen molar-refractivity contribution in [2.24, 2.45) is 11.7 Å². The van der Waals surface area contributed by atoms with Gasteiger partial charge in [0.1, 0.15) is 0 Å². The second kappa shape index (κ2) is 6.55. The van der Waals surface area contributed by atoms with Gasteiger partial charge in [-0.15, -0.1) is 0 Å². The number of ether oxygens (including phenoxy) is 1. The van der Waals surface area contributed by atoms with E-state index in [4.69, 9.17) is 10.5 Å². The number of methoxy groups -OCH3 is 1. The molecule has 1 unspecified atom stereocenters. The number of nitrogens with zero attached hydrogens (tertiary/aromatic N) is 1. The summed E-state index contributed by atoms with van der Waals surface area (Å²) in [7, 11) is 1.78. The Kier molecular flexibility index (Phi) is 5.03. The molecule has 1 aliphatic rings. The molecule has 0 saturated carbocycles. The first-order valence-corrected chi connectivity index (χ1v) is 7.26. The fourth-order valence-corrected chi connectivity index (χ4v) is 3.01. The lowest BCUT2D eigenvalue weighted by atomic mass is 9.97. The first-order chi connectivity index (χ1) is 8.74. The minimum atomic E-state index is 0.591. The van der Waals surface area contributed by atoms with Crippen LogP contribution in [0.5, 0.6) is 0 Å². The van der Waals surface area contributed by atoms with Crippen molar-refractivity contribution in [1.29, 1.82) is 0 Å². The molecule has 0 aliphatic carbocycles. The van der Waals surface area contributed by atoms with Crippen LogP contribution in [0.2, 0.25) is 0 Å². The molecule has 1 aromatic carbocycles. The molecule has 1 aliphatic heterocycles. The van der Waals surface area contributed by atoms with Gasteiger partial charge in [-0.05, 0) is 36.5 Å². The Morgan fingerprint density at radius 1 is 1.50 bits per heavy atom. The third-order valence-electron chi connectivity index (χ3n) is 3.53. The summed E-state index contributed by atoms with van der Waals surface area (Å²) in [6.07, 6.45) is 2.49. The summed E-state index contributed by atoms with van der Waals surface area (Å²) in [5, 5.41) is 0. The average Bonchev–Trinajstić information content (AvgIpc) is 2.39. The second-order valence-corrected chi connectivity index (χ2v) is 5.80. The number of rotatable bonds is 4. The fourth-order valence-electron chi connectivity index (χ4n) is 2.66. The highest BCUT2D eigenvalue weighted by Crippen LogP contribution is 2.29. The van der Waals surface area contributed by atoms with Crippen LogP contribution in [-0.4, -0.2) is 26.8 Å². The fraction of sp³-hybridized carbons (Fsp3) is 0.571. The highest BCUT2D eigenvalue weighted by molar-refractivity contribution is 9.10. The molecule has 0 amide bonds. The summed E-state index contributed by atoms with van der Waals surface area (Å²) in [5.74, 6) is 0.633. The van der Waals surface area contributed by atoms with Crippen molar-refractivity contribution in [2.75, 3.05) is 31.7 Å². The molecule has 0 aromatic heterocycles. The predicted molar refractivity (Wildman–Crippen MR) is 78.8 cm³/mol. The highest BCUT2D eigenvalue weighted by atomic mass is 79.9. The topological polar surface area (TPSA) is 38.5 Å². The monoisotopic (exact) mass is 312 g/mol. The van der Waals surface area contributed by atoms with Crippen molar-refractivity contribution in [3.05, 3.63) is 28.2 Å². The summed E-state index contributed by atoms with van der Waals surface area (Å²) in [6.45, 7) is 3.62. The summed E-state index contributed by atoms with van der Waals surface area (Å²) >= 11 is 3.55. The van der Waals surface area contributed by atoms with Gasteiger partial charge in [0.05, 0.1) is 6.61 Å². The van der Waals surface area contributed by atoms with Crippen LogP contribution in [-0.2, 0) is 11.3 Å². The van der Waals surface area contributed by atoms with Crippen LogP contribution < -0.4 is 10.6 Å². The molecule has 4 heteroatoms. The Morgan fingerprint density at radius 3 is 3.06 bits per heavy atom. The molecule has 0 bridgehead atoms. The Bertz CT molecular complexity index is 395. The number of halogens is 1. The molecule has 0 radical (unpaired) electrons. The van der Waals surface area contributed by atoms with E-state index in [9.17, 15) is 0 Å². The third kappa shape index (κ3) is 3.25. The lowest BCUT2D eigenvalue weighted by Crippen LogP contribution is -2.37. The number of anilines is 1. The summed E-state index contributed by atoms with van der Waals surface area (Å²) < 4.78 is 6.40. The van der Waals surface area contributed by atoms with Gasteiger partial charge in [-0.2, -0.15) is 0 Å². The van der Waals surface area contributed by atoms with Gasteiger partial charge in [0.15, 0.2) is 0 Å². The van der Waals surface area contributed by atoms with Crippen molar-refractivity contribution in [2.45, 2.75) is 19.4 Å². The van der Waals surface area contributed by atoms with Crippen LogP contribution in [0.15, 0.2) is 22.7 Å². The smallest absolute Gasteiger partial charge is 0.0507 e. The van der Waals surface area contributed by atoms with Crippen LogP contribution in [0.4, 0.5) is 5.69 Å². The maximum atomic E-state index is 5.83. The Balaban J connectivity index is 2.17. The van der Waals surface area contributed by atoms with Gasteiger partial charge in [0.25, 0.3) is 0 Å². The maximum Gasteiger partial charge on any atom is 0.0507 e. The van der Waals surface area contributed by atoms with Gasteiger partial charge in [0.2, 0.25) is 0 Å². The molecule has 3 nitrogen and oxygen atoms in total. The van der Waals surface area contributed by atoms with Crippen molar-refractivity contribution in [1.82, 2.24) is 0 Å². The number of hydrogen-bond acceptors (Lipinski definition) is 3. The molecule has 1 saturated heterocycles. The van der Waals surface area contributed by atoms with Gasteiger partial charge < -0.3 is 15.4 Å². The molecule has 1 fully saturated rings. The normalized spacial score (nSPS) is 20.2. The van der Waals surface area contributed by atoms with Gasteiger partial charge >= 0.3 is 0 Å². The van der Waals surface area contributed by atoms with Gasteiger partial charge in [-0.3, -0.25) is 0 Å². The van der Waals surface area contributed by atoms with E-state index in [1.165, 1.54) is 24.1 Å². The first-order valence-electron chi connectivity index (χ1n) is 6.47. The van der Waals surface area contributed by atoms with E-state index in [0.717, 1.165) is 24.2 Å². The molecule has 1 aromatic rings. The zero-order valence-electron chi connectivity index (χ0n) is 10.9. The number of piperidine rings is 1. The van der Waals surface area contributed by atoms with E-state index in [0.29, 0.717) is 12.5 Å². The molecule has 2 N–H and O–H groups in total. The van der Waals surface area contributed by atoms with E-state index in [1.54, 1.807) is 7.11 Å². The Hall–Kier alpha value is -0.580. The molecule has 100 valence electrons. The Morgan fingerprint density at radius 2 is 2.33 bits per heavy atom. The maximum absolute atomic E-state index is 5.83. The first kappa shape index (κ1) is 13.8. The van der Waals surface area contributed by atoms with E-state index in [2.05, 4.69) is 39.0 Å². The zero-order chi connectivity index (χ0) is 13.0. The second-order valence-electron chi connectivity index (χ2n) is 4.89. The summed E-state index contributed by atoms with van der Waals surface area (Å²) in [5.41, 5.74) is 8.32. The molecular weight excluding hydrogens is 292 g/mol. The average molecular weight is 313 g/mol. The number of nitrogens with two attached hydrogens (primary N) is 1. The molecule has 1 atom stereocenters. The predicted octanol–water partition coefficient (Wildman–Crippen LogP) is 2.77. The van der Waals surface area contributed by atoms with Gasteiger partial charge in [0, 0.05) is 36.9 Å². The molecule has 18 heavy (non-hydrogen) atoms. The highest BCUT2D eigenvalue weighted by Gasteiger charge is 2.21. The number of benzene rings is 1. The van der Waals surface area contributed by atoms with Gasteiger partial charge in [-0.25, -0.2) is 0 Å². The quantitative estimate of drug-likeness (QED) is 0.929. The molecule has 1 heterocycles. The lowest BCUT2D eigenvalue weighted by molar-refractivity contribution is 0.143. The van der Waals surface area contributed by atoms with E-state index < -0.39 is 0 Å². The Labute approximate surface area is 117 Å². The van der Waals surface area contributed by atoms with Crippen LogP contribution >= 0.6 is 15.9 Å². The minimum Gasteiger partial charge on any atom is -0.384 e. The van der Waals surface area contributed by atoms with Crippen molar-refractivity contribution >= 4 is 21.6 Å². The summed E-state index contributed by atoms with van der Waals surface area (Å²) in [6, 6.07) is 6.35. The summed E-state index contributed by atoms with van der Waals surface area (Å²) in [4.78, 5) is 2.44. The van der Waals surface area contributed by atoms with Crippen LogP contribution in [0, 0.1) is 5.92 Å². The minimum absolute atomic E-state index is 0.591. The van der Waals surface area contributed by atoms with Crippen LogP contribution in [0.25, 0.3) is 0 Å². The van der Waals surface area contributed by atoms with Gasteiger partial charge in [-0.1, -0.05) is 22.0 Å². The largest absolute Gasteiger partial charge is 0.384 e. The van der Waals surface area contributed by atoms with Crippen molar-refractivity contribution < 1.29 is 4.74 Å². The molecular formula is C14H21BrN2O. The molecule has 0 spiro atoms. The third-order valence-corrected chi connectivity index (χ3v) is 4.02. The number of hydrogen-bond donors (Lipinski definition) is 1. The van der Waals surface area contributed by atoms with E-state index in [-0.39, 0.29) is 0 Å². The van der Waals surface area contributed by atoms with Crippen molar-refractivity contribution in [3.63, 3.8) is 0 Å². The molecule has 2 rings (SSSR count). The van der Waals surface area contributed by atoms with Crippen LogP contribution in [0.1, 0.15) is 18.4 Å². The van der Waals surface area contributed by atoms with E-state index in [1.807, 2.05) is 0 Å². The standard InChI is InChI=1S/C14H21BrN2O/c1-18-10-11-3-2-6-17(9-11)14-7-13(15)5-4-12(14)8-16/h4-5,7,11H,2-3,6,8-10,16H2,1H3. The van der Waals surface area contributed by atoms with Crippen molar-refractivity contribution in [3.8, 4) is 0 Å². The SMILES string of the molecule is COCC1CCCN(c2cc(Br)ccc2CN)C1. The zero-order valence-corrected chi connectivity index (χ0v) is 12.4. The van der Waals surface area contributed by atoms with Crippen LogP contribution in [0.3, 0.4) is 0 Å².